The first-order valence-corrected chi connectivity index (χ1v) is 5.27. The topological polar surface area (TPSA) is 12.0 Å². The van der Waals surface area contributed by atoms with Gasteiger partial charge in [0.25, 0.3) is 0 Å². The highest BCUT2D eigenvalue weighted by molar-refractivity contribution is 5.42. The van der Waals surface area contributed by atoms with Crippen LogP contribution in [0.2, 0.25) is 0 Å². The van der Waals surface area contributed by atoms with Crippen LogP contribution < -0.4 is 5.32 Å². The number of nitrogens with one attached hydrogen (secondary N) is 1. The Bertz CT molecular complexity index is 348. The first-order valence-electron chi connectivity index (χ1n) is 5.27. The molecule has 0 aliphatic heterocycles. The molecule has 0 aromatic heterocycles. The Morgan fingerprint density at radius 2 is 1.93 bits per heavy atom. The number of hydrogen-bond acceptors (Lipinski definition) is 1. The summed E-state index contributed by atoms with van der Waals surface area (Å²) in [7, 11) is 1.85. The molecule has 0 heterocycles. The SMILES string of the molecule is C=C(/C=C\C(C=C1CC1)=C/C)C(=C)NC. The van der Waals surface area contributed by atoms with Crippen molar-refractivity contribution in [1.82, 2.24) is 5.32 Å². The Morgan fingerprint density at radius 3 is 2.40 bits per heavy atom. The van der Waals surface area contributed by atoms with Gasteiger partial charge in [0.1, 0.15) is 0 Å². The second kappa shape index (κ2) is 5.40. The Balaban J connectivity index is 2.58. The molecule has 0 atom stereocenters. The molecule has 0 spiro atoms. The Kier molecular flexibility index (Phi) is 4.17. The summed E-state index contributed by atoms with van der Waals surface area (Å²) in [5.74, 6) is 0. The maximum Gasteiger partial charge on any atom is 0.0332 e. The van der Waals surface area contributed by atoms with Crippen LogP contribution in [-0.2, 0) is 0 Å². The molecule has 0 radical (unpaired) electrons. The average molecular weight is 201 g/mol. The highest BCUT2D eigenvalue weighted by Crippen LogP contribution is 2.29. The first-order chi connectivity index (χ1) is 7.17. The summed E-state index contributed by atoms with van der Waals surface area (Å²) in [6.07, 6.45) is 10.9. The fourth-order valence-electron chi connectivity index (χ4n) is 1.14. The van der Waals surface area contributed by atoms with Crippen LogP contribution in [-0.4, -0.2) is 7.05 Å². The summed E-state index contributed by atoms with van der Waals surface area (Å²) in [6.45, 7) is 9.83. The largest absolute Gasteiger partial charge is 0.388 e. The summed E-state index contributed by atoms with van der Waals surface area (Å²) in [5, 5.41) is 2.98. The molecule has 1 aliphatic rings. The van der Waals surface area contributed by atoms with E-state index in [9.17, 15) is 0 Å². The van der Waals surface area contributed by atoms with E-state index in [0.29, 0.717) is 0 Å². The second-order valence-corrected chi connectivity index (χ2v) is 3.68. The first kappa shape index (κ1) is 11.6. The third-order valence-corrected chi connectivity index (χ3v) is 2.41. The van der Waals surface area contributed by atoms with E-state index in [1.54, 1.807) is 0 Å². The molecule has 1 saturated carbocycles. The predicted molar refractivity (Wildman–Crippen MR) is 67.6 cm³/mol. The van der Waals surface area contributed by atoms with Gasteiger partial charge in [-0.25, -0.2) is 0 Å². The lowest BCUT2D eigenvalue weighted by molar-refractivity contribution is 1.02. The summed E-state index contributed by atoms with van der Waals surface area (Å²) in [4.78, 5) is 0. The molecule has 1 nitrogen and oxygen atoms in total. The summed E-state index contributed by atoms with van der Waals surface area (Å²) in [5.41, 5.74) is 4.56. The van der Waals surface area contributed by atoms with Crippen molar-refractivity contribution in [3.8, 4) is 0 Å². The van der Waals surface area contributed by atoms with Crippen LogP contribution in [0.1, 0.15) is 19.8 Å². The van der Waals surface area contributed by atoms with Crippen molar-refractivity contribution in [2.75, 3.05) is 7.05 Å². The minimum Gasteiger partial charge on any atom is -0.388 e. The van der Waals surface area contributed by atoms with Crippen molar-refractivity contribution >= 4 is 0 Å². The summed E-state index contributed by atoms with van der Waals surface area (Å²) < 4.78 is 0. The summed E-state index contributed by atoms with van der Waals surface area (Å²) in [6, 6.07) is 0. The third kappa shape index (κ3) is 4.03. The Morgan fingerprint density at radius 1 is 1.27 bits per heavy atom. The zero-order valence-corrected chi connectivity index (χ0v) is 9.64. The van der Waals surface area contributed by atoms with E-state index in [0.717, 1.165) is 11.3 Å². The van der Waals surface area contributed by atoms with Crippen LogP contribution in [0.5, 0.6) is 0 Å². The molecule has 0 saturated heterocycles. The lowest BCUT2D eigenvalue weighted by Crippen LogP contribution is -2.04. The zero-order valence-electron chi connectivity index (χ0n) is 9.64. The lowest BCUT2D eigenvalue weighted by Gasteiger charge is -2.02. The molecule has 1 rings (SSSR count). The molecule has 1 aliphatic carbocycles. The molecular formula is C14H19N. The van der Waals surface area contributed by atoms with Gasteiger partial charge in [0.05, 0.1) is 0 Å². The van der Waals surface area contributed by atoms with Gasteiger partial charge in [0.15, 0.2) is 0 Å². The van der Waals surface area contributed by atoms with Gasteiger partial charge in [0.2, 0.25) is 0 Å². The van der Waals surface area contributed by atoms with E-state index in [4.69, 9.17) is 0 Å². The van der Waals surface area contributed by atoms with Gasteiger partial charge in [-0.1, -0.05) is 43.0 Å². The van der Waals surface area contributed by atoms with E-state index >= 15 is 0 Å². The van der Waals surface area contributed by atoms with Crippen molar-refractivity contribution in [3.63, 3.8) is 0 Å². The van der Waals surface area contributed by atoms with E-state index in [-0.39, 0.29) is 0 Å². The smallest absolute Gasteiger partial charge is 0.0332 e. The predicted octanol–water partition coefficient (Wildman–Crippen LogP) is 3.50. The number of hydrogen-bond donors (Lipinski definition) is 1. The van der Waals surface area contributed by atoms with Crippen molar-refractivity contribution in [2.45, 2.75) is 19.8 Å². The van der Waals surface area contributed by atoms with Crippen LogP contribution in [0.25, 0.3) is 0 Å². The van der Waals surface area contributed by atoms with Crippen molar-refractivity contribution in [1.29, 1.82) is 0 Å². The van der Waals surface area contributed by atoms with Gasteiger partial charge in [-0.2, -0.15) is 0 Å². The second-order valence-electron chi connectivity index (χ2n) is 3.68. The van der Waals surface area contributed by atoms with Crippen LogP contribution >= 0.6 is 0 Å². The maximum absolute atomic E-state index is 3.93. The molecule has 0 bridgehead atoms. The average Bonchev–Trinajstić information content (AvgIpc) is 3.06. The minimum absolute atomic E-state index is 0.862. The van der Waals surface area contributed by atoms with Gasteiger partial charge < -0.3 is 5.32 Å². The Hall–Kier alpha value is -1.50. The van der Waals surface area contributed by atoms with Crippen LogP contribution in [0.4, 0.5) is 0 Å². The number of rotatable bonds is 5. The fourth-order valence-corrected chi connectivity index (χ4v) is 1.14. The van der Waals surface area contributed by atoms with E-state index in [1.165, 1.54) is 24.0 Å². The van der Waals surface area contributed by atoms with E-state index in [1.807, 2.05) is 13.1 Å². The van der Waals surface area contributed by atoms with Crippen LogP contribution in [0, 0.1) is 0 Å². The molecule has 1 heteroatoms. The van der Waals surface area contributed by atoms with E-state index < -0.39 is 0 Å². The maximum atomic E-state index is 3.93. The zero-order chi connectivity index (χ0) is 11.3. The molecule has 1 fully saturated rings. The van der Waals surface area contributed by atoms with Gasteiger partial charge in [-0.15, -0.1) is 0 Å². The molecule has 15 heavy (non-hydrogen) atoms. The normalized spacial score (nSPS) is 15.3. The highest BCUT2D eigenvalue weighted by Gasteiger charge is 2.09. The van der Waals surface area contributed by atoms with Crippen LogP contribution in [0.3, 0.4) is 0 Å². The van der Waals surface area contributed by atoms with Gasteiger partial charge >= 0.3 is 0 Å². The van der Waals surface area contributed by atoms with Crippen molar-refractivity contribution in [3.05, 3.63) is 59.9 Å². The molecule has 80 valence electrons. The molecule has 0 aromatic carbocycles. The van der Waals surface area contributed by atoms with Crippen LogP contribution in [0.15, 0.2) is 59.9 Å². The summed E-state index contributed by atoms with van der Waals surface area (Å²) >= 11 is 0. The minimum atomic E-state index is 0.862. The lowest BCUT2D eigenvalue weighted by atomic mass is 10.1. The number of likely N-dealkylation sites (N-methyl/N-ethyl adjacent to an activating group) is 1. The number of allylic oxidation sites excluding steroid dienone is 6. The van der Waals surface area contributed by atoms with Crippen molar-refractivity contribution < 1.29 is 0 Å². The molecule has 0 aromatic rings. The van der Waals surface area contributed by atoms with Gasteiger partial charge in [0, 0.05) is 12.7 Å². The highest BCUT2D eigenvalue weighted by atomic mass is 14.8. The molecule has 0 unspecified atom stereocenters. The standard InChI is InChI=1S/C14H19N/c1-5-13(10-14-8-9-14)7-6-11(2)12(3)15-4/h5-7,10,15H,2-3,8-9H2,1,4H3/b7-6-,13-5+. The van der Waals surface area contributed by atoms with E-state index in [2.05, 4.69) is 43.6 Å². The van der Waals surface area contributed by atoms with Gasteiger partial charge in [-0.05, 0) is 30.9 Å². The molecule has 1 N–H and O–H groups in total. The third-order valence-electron chi connectivity index (χ3n) is 2.41. The molecule has 0 amide bonds. The monoisotopic (exact) mass is 201 g/mol. The quantitative estimate of drug-likeness (QED) is 0.671. The fraction of sp³-hybridized carbons (Fsp3) is 0.286. The Labute approximate surface area is 92.6 Å². The van der Waals surface area contributed by atoms with Gasteiger partial charge in [-0.3, -0.25) is 0 Å². The van der Waals surface area contributed by atoms with Crippen molar-refractivity contribution in [2.24, 2.45) is 0 Å². The molecular weight excluding hydrogens is 182 g/mol.